The molecule has 0 aliphatic heterocycles. The lowest BCUT2D eigenvalue weighted by Crippen LogP contribution is -2.69. The van der Waals surface area contributed by atoms with Gasteiger partial charge in [-0.05, 0) is 69.9 Å². The van der Waals surface area contributed by atoms with Crippen molar-refractivity contribution >= 4 is 23.6 Å². The molecule has 0 saturated carbocycles. The highest BCUT2D eigenvalue weighted by Crippen LogP contribution is 2.30. The molecule has 4 rings (SSSR count). The standard InChI is InChI=1S/C32H38Si/c1-8-9-28-10-11-29(21-28)33(30-15-22(2)12-23(3)16-30,31-17-24(4)13-25(5)18-31)32-19-26(6)14-27(7)20-32/h10,12-21H,8-9,11H2,1-7H3. The van der Waals surface area contributed by atoms with Crippen molar-refractivity contribution in [2.24, 2.45) is 0 Å². The molecule has 0 spiro atoms. The molecule has 170 valence electrons. The van der Waals surface area contributed by atoms with Crippen LogP contribution in [0.4, 0.5) is 0 Å². The third-order valence-corrected chi connectivity index (χ3v) is 11.7. The molecule has 0 saturated heterocycles. The van der Waals surface area contributed by atoms with Crippen molar-refractivity contribution < 1.29 is 0 Å². The van der Waals surface area contributed by atoms with Crippen LogP contribution in [0.15, 0.2) is 77.5 Å². The number of allylic oxidation sites excluding steroid dienone is 4. The number of rotatable bonds is 6. The van der Waals surface area contributed by atoms with Crippen LogP contribution in [0.2, 0.25) is 0 Å². The van der Waals surface area contributed by atoms with Crippen LogP contribution in [0.3, 0.4) is 0 Å². The van der Waals surface area contributed by atoms with Gasteiger partial charge in [0.25, 0.3) is 0 Å². The van der Waals surface area contributed by atoms with Crippen LogP contribution in [0, 0.1) is 41.5 Å². The summed E-state index contributed by atoms with van der Waals surface area (Å²) in [6.45, 7) is 15.8. The summed E-state index contributed by atoms with van der Waals surface area (Å²) in [6.07, 6.45) is 8.49. The zero-order valence-electron chi connectivity index (χ0n) is 21.5. The van der Waals surface area contributed by atoms with E-state index in [0.29, 0.717) is 0 Å². The zero-order valence-corrected chi connectivity index (χ0v) is 22.5. The monoisotopic (exact) mass is 450 g/mol. The Kier molecular flexibility index (Phi) is 6.63. The quantitative estimate of drug-likeness (QED) is 0.293. The van der Waals surface area contributed by atoms with Crippen LogP contribution < -0.4 is 15.6 Å². The summed E-state index contributed by atoms with van der Waals surface area (Å²) >= 11 is 0. The van der Waals surface area contributed by atoms with Crippen molar-refractivity contribution in [3.05, 3.63) is 111 Å². The Morgan fingerprint density at radius 3 is 1.27 bits per heavy atom. The van der Waals surface area contributed by atoms with Crippen molar-refractivity contribution in [2.75, 3.05) is 0 Å². The average molecular weight is 451 g/mol. The molecule has 0 fully saturated rings. The lowest BCUT2D eigenvalue weighted by molar-refractivity contribution is 0.927. The van der Waals surface area contributed by atoms with Crippen LogP contribution in [-0.2, 0) is 0 Å². The first-order valence-electron chi connectivity index (χ1n) is 12.4. The smallest absolute Gasteiger partial charge is 0.0776 e. The third-order valence-electron chi connectivity index (χ3n) is 6.93. The fourth-order valence-corrected chi connectivity index (χ4v) is 11.5. The van der Waals surface area contributed by atoms with Gasteiger partial charge in [0, 0.05) is 0 Å². The molecule has 0 radical (unpaired) electrons. The minimum atomic E-state index is -2.44. The van der Waals surface area contributed by atoms with E-state index < -0.39 is 8.07 Å². The zero-order chi connectivity index (χ0) is 23.8. The molecule has 1 aliphatic carbocycles. The Hall–Kier alpha value is -2.64. The van der Waals surface area contributed by atoms with E-state index in [2.05, 4.69) is 115 Å². The SMILES string of the molecule is CCCC1=CCC([Si](c2cc(C)cc(C)c2)(c2cc(C)cc(C)c2)c2cc(C)cc(C)c2)=C1. The van der Waals surface area contributed by atoms with Gasteiger partial charge in [0.1, 0.15) is 0 Å². The molecule has 0 atom stereocenters. The van der Waals surface area contributed by atoms with Gasteiger partial charge in [-0.15, -0.1) is 0 Å². The fraction of sp³-hybridized carbons (Fsp3) is 0.312. The van der Waals surface area contributed by atoms with Gasteiger partial charge in [0.2, 0.25) is 0 Å². The maximum absolute atomic E-state index is 2.57. The van der Waals surface area contributed by atoms with E-state index in [-0.39, 0.29) is 0 Å². The normalized spacial score (nSPS) is 13.8. The van der Waals surface area contributed by atoms with Gasteiger partial charge >= 0.3 is 0 Å². The van der Waals surface area contributed by atoms with E-state index in [1.165, 1.54) is 67.4 Å². The maximum Gasteiger partial charge on any atom is 0.176 e. The van der Waals surface area contributed by atoms with Crippen LogP contribution in [0.25, 0.3) is 0 Å². The molecule has 1 heteroatoms. The van der Waals surface area contributed by atoms with E-state index in [0.717, 1.165) is 6.42 Å². The molecule has 3 aromatic rings. The highest BCUT2D eigenvalue weighted by atomic mass is 28.3. The van der Waals surface area contributed by atoms with E-state index in [1.807, 2.05) is 0 Å². The second-order valence-electron chi connectivity index (χ2n) is 10.3. The summed E-state index contributed by atoms with van der Waals surface area (Å²) in [7, 11) is -2.44. The Balaban J connectivity index is 2.15. The Labute approximate surface area is 202 Å². The molecule has 3 aromatic carbocycles. The van der Waals surface area contributed by atoms with Gasteiger partial charge in [-0.1, -0.05) is 124 Å². The molecule has 0 amide bonds. The van der Waals surface area contributed by atoms with E-state index in [9.17, 15) is 0 Å². The van der Waals surface area contributed by atoms with Crippen molar-refractivity contribution in [3.8, 4) is 0 Å². The van der Waals surface area contributed by atoms with Gasteiger partial charge in [-0.2, -0.15) is 0 Å². The molecule has 0 bridgehead atoms. The molecule has 0 unspecified atom stereocenters. The van der Waals surface area contributed by atoms with E-state index in [1.54, 1.807) is 5.20 Å². The predicted octanol–water partition coefficient (Wildman–Crippen LogP) is 6.60. The Morgan fingerprint density at radius 1 is 0.576 bits per heavy atom. The largest absolute Gasteiger partial charge is 0.176 e. The van der Waals surface area contributed by atoms with Crippen molar-refractivity contribution in [1.82, 2.24) is 0 Å². The number of aryl methyl sites for hydroxylation is 6. The number of hydrogen-bond donors (Lipinski definition) is 0. The van der Waals surface area contributed by atoms with Crippen molar-refractivity contribution in [2.45, 2.75) is 67.7 Å². The van der Waals surface area contributed by atoms with Crippen molar-refractivity contribution in [3.63, 3.8) is 0 Å². The van der Waals surface area contributed by atoms with Crippen LogP contribution in [-0.4, -0.2) is 8.07 Å². The second kappa shape index (κ2) is 9.31. The predicted molar refractivity (Wildman–Crippen MR) is 148 cm³/mol. The summed E-state index contributed by atoms with van der Waals surface area (Å²) in [5, 5.41) is 6.19. The molecule has 0 nitrogen and oxygen atoms in total. The summed E-state index contributed by atoms with van der Waals surface area (Å²) in [5.74, 6) is 0. The topological polar surface area (TPSA) is 0 Å². The average Bonchev–Trinajstić information content (AvgIpc) is 3.15. The highest BCUT2D eigenvalue weighted by molar-refractivity contribution is 7.16. The molecule has 33 heavy (non-hydrogen) atoms. The minimum Gasteiger partial charge on any atom is -0.0776 e. The van der Waals surface area contributed by atoms with E-state index >= 15 is 0 Å². The maximum atomic E-state index is 2.57. The molecular formula is C32H38Si. The van der Waals surface area contributed by atoms with Crippen molar-refractivity contribution in [1.29, 1.82) is 0 Å². The molecule has 0 N–H and O–H groups in total. The third kappa shape index (κ3) is 4.57. The number of benzene rings is 3. The molecule has 0 aromatic heterocycles. The van der Waals surface area contributed by atoms with Gasteiger partial charge in [-0.3, -0.25) is 0 Å². The Bertz CT molecular complexity index is 1070. The molecular weight excluding hydrogens is 412 g/mol. The van der Waals surface area contributed by atoms with E-state index in [4.69, 9.17) is 0 Å². The fourth-order valence-electron chi connectivity index (χ4n) is 5.94. The first-order valence-corrected chi connectivity index (χ1v) is 14.4. The second-order valence-corrected chi connectivity index (χ2v) is 14.2. The first-order chi connectivity index (χ1) is 15.7. The molecule has 1 aliphatic rings. The lowest BCUT2D eigenvalue weighted by Gasteiger charge is -2.37. The summed E-state index contributed by atoms with van der Waals surface area (Å²) in [5.41, 5.74) is 9.66. The minimum absolute atomic E-state index is 1.06. The van der Waals surface area contributed by atoms with Gasteiger partial charge in [-0.25, -0.2) is 0 Å². The lowest BCUT2D eigenvalue weighted by atomic mass is 10.1. The van der Waals surface area contributed by atoms with Crippen LogP contribution in [0.1, 0.15) is 59.6 Å². The Morgan fingerprint density at radius 2 is 0.939 bits per heavy atom. The van der Waals surface area contributed by atoms with Gasteiger partial charge in [0.15, 0.2) is 8.07 Å². The van der Waals surface area contributed by atoms with Crippen LogP contribution in [0.5, 0.6) is 0 Å². The van der Waals surface area contributed by atoms with Gasteiger partial charge in [0.05, 0.1) is 0 Å². The summed E-state index contributed by atoms with van der Waals surface area (Å²) in [6, 6.07) is 21.8. The summed E-state index contributed by atoms with van der Waals surface area (Å²) < 4.78 is 0. The van der Waals surface area contributed by atoms with Crippen LogP contribution >= 0.6 is 0 Å². The highest BCUT2D eigenvalue weighted by Gasteiger charge is 2.44. The number of hydrogen-bond acceptors (Lipinski definition) is 0. The first kappa shape index (κ1) is 23.5. The molecule has 0 heterocycles. The summed E-state index contributed by atoms with van der Waals surface area (Å²) in [4.78, 5) is 0. The van der Waals surface area contributed by atoms with Gasteiger partial charge < -0.3 is 0 Å².